The SMILES string of the molecule is Cc1ccc(NC(=O)c2ccn3c2C(=O)N[C@@H]2CCCC[C@H]23)cc1. The number of nitrogens with zero attached hydrogens (tertiary/aromatic N) is 1. The summed E-state index contributed by atoms with van der Waals surface area (Å²) in [5, 5.41) is 5.97. The van der Waals surface area contributed by atoms with E-state index < -0.39 is 0 Å². The number of amides is 2. The highest BCUT2D eigenvalue weighted by atomic mass is 16.2. The van der Waals surface area contributed by atoms with Gasteiger partial charge >= 0.3 is 0 Å². The summed E-state index contributed by atoms with van der Waals surface area (Å²) in [6.07, 6.45) is 6.27. The summed E-state index contributed by atoms with van der Waals surface area (Å²) in [5.41, 5.74) is 2.80. The Morgan fingerprint density at radius 3 is 2.71 bits per heavy atom. The maximum Gasteiger partial charge on any atom is 0.269 e. The molecule has 0 bridgehead atoms. The summed E-state index contributed by atoms with van der Waals surface area (Å²) in [7, 11) is 0. The Morgan fingerprint density at radius 2 is 1.92 bits per heavy atom. The Morgan fingerprint density at radius 1 is 1.17 bits per heavy atom. The molecule has 2 heterocycles. The van der Waals surface area contributed by atoms with E-state index in [1.165, 1.54) is 6.42 Å². The minimum Gasteiger partial charge on any atom is -0.346 e. The van der Waals surface area contributed by atoms with Crippen LogP contribution in [0.1, 0.15) is 58.1 Å². The van der Waals surface area contributed by atoms with E-state index in [0.29, 0.717) is 11.3 Å². The van der Waals surface area contributed by atoms with E-state index in [0.717, 1.165) is 30.5 Å². The highest BCUT2D eigenvalue weighted by molar-refractivity contribution is 6.12. The molecule has 5 heteroatoms. The van der Waals surface area contributed by atoms with Gasteiger partial charge < -0.3 is 15.2 Å². The molecule has 0 radical (unpaired) electrons. The fourth-order valence-electron chi connectivity index (χ4n) is 3.83. The Bertz CT molecular complexity index is 791. The summed E-state index contributed by atoms with van der Waals surface area (Å²) >= 11 is 0. The van der Waals surface area contributed by atoms with Crippen molar-refractivity contribution in [1.82, 2.24) is 9.88 Å². The first kappa shape index (κ1) is 15.0. The van der Waals surface area contributed by atoms with E-state index in [1.54, 1.807) is 6.07 Å². The molecule has 2 aliphatic rings. The average molecular weight is 323 g/mol. The molecule has 2 amide bonds. The molecule has 0 unspecified atom stereocenters. The zero-order chi connectivity index (χ0) is 16.7. The predicted octanol–water partition coefficient (Wildman–Crippen LogP) is 3.28. The third-order valence-electron chi connectivity index (χ3n) is 5.09. The Kier molecular flexibility index (Phi) is 3.63. The van der Waals surface area contributed by atoms with Gasteiger partial charge in [0.2, 0.25) is 0 Å². The van der Waals surface area contributed by atoms with Gasteiger partial charge in [0.15, 0.2) is 0 Å². The number of carbonyl (C=O) groups excluding carboxylic acids is 2. The molecule has 24 heavy (non-hydrogen) atoms. The van der Waals surface area contributed by atoms with E-state index in [2.05, 4.69) is 10.6 Å². The second-order valence-corrected chi connectivity index (χ2v) is 6.74. The number of hydrogen-bond donors (Lipinski definition) is 2. The quantitative estimate of drug-likeness (QED) is 0.891. The van der Waals surface area contributed by atoms with E-state index in [1.807, 2.05) is 42.0 Å². The topological polar surface area (TPSA) is 63.1 Å². The lowest BCUT2D eigenvalue weighted by Gasteiger charge is -2.38. The molecule has 2 aromatic rings. The lowest BCUT2D eigenvalue weighted by molar-refractivity contribution is 0.0843. The zero-order valence-electron chi connectivity index (χ0n) is 13.7. The van der Waals surface area contributed by atoms with Crippen LogP contribution in [0, 0.1) is 6.92 Å². The van der Waals surface area contributed by atoms with Crippen molar-refractivity contribution in [2.45, 2.75) is 44.7 Å². The number of rotatable bonds is 2. The van der Waals surface area contributed by atoms with Crippen LogP contribution >= 0.6 is 0 Å². The summed E-state index contributed by atoms with van der Waals surface area (Å²) in [4.78, 5) is 25.1. The molecule has 1 aliphatic carbocycles. The van der Waals surface area contributed by atoms with Gasteiger partial charge in [0, 0.05) is 17.9 Å². The van der Waals surface area contributed by atoms with Crippen molar-refractivity contribution < 1.29 is 9.59 Å². The minimum absolute atomic E-state index is 0.141. The van der Waals surface area contributed by atoms with Gasteiger partial charge in [-0.3, -0.25) is 9.59 Å². The van der Waals surface area contributed by atoms with Crippen LogP contribution < -0.4 is 10.6 Å². The maximum absolute atomic E-state index is 12.6. The molecule has 1 aromatic heterocycles. The van der Waals surface area contributed by atoms with Crippen LogP contribution in [0.2, 0.25) is 0 Å². The van der Waals surface area contributed by atoms with Crippen LogP contribution in [0.25, 0.3) is 0 Å². The van der Waals surface area contributed by atoms with Gasteiger partial charge in [-0.2, -0.15) is 0 Å². The smallest absolute Gasteiger partial charge is 0.269 e. The molecule has 0 saturated heterocycles. The van der Waals surface area contributed by atoms with Gasteiger partial charge in [-0.05, 0) is 38.0 Å². The zero-order valence-corrected chi connectivity index (χ0v) is 13.7. The van der Waals surface area contributed by atoms with Crippen LogP contribution in [0.4, 0.5) is 5.69 Å². The van der Waals surface area contributed by atoms with Crippen molar-refractivity contribution in [3.8, 4) is 0 Å². The third-order valence-corrected chi connectivity index (χ3v) is 5.09. The molecule has 5 nitrogen and oxygen atoms in total. The Labute approximate surface area is 141 Å². The number of hydrogen-bond acceptors (Lipinski definition) is 2. The first-order valence-corrected chi connectivity index (χ1v) is 8.53. The molecule has 1 aliphatic heterocycles. The van der Waals surface area contributed by atoms with Crippen LogP contribution in [-0.2, 0) is 0 Å². The highest BCUT2D eigenvalue weighted by Gasteiger charge is 2.37. The number of fused-ring (bicyclic) bond motifs is 3. The summed E-state index contributed by atoms with van der Waals surface area (Å²) < 4.78 is 2.01. The number of aromatic nitrogens is 1. The summed E-state index contributed by atoms with van der Waals surface area (Å²) in [5.74, 6) is -0.380. The van der Waals surface area contributed by atoms with Gasteiger partial charge in [0.25, 0.3) is 11.8 Å². The number of carbonyl (C=O) groups is 2. The molecule has 4 rings (SSSR count). The van der Waals surface area contributed by atoms with Crippen molar-refractivity contribution in [1.29, 1.82) is 0 Å². The second kappa shape index (κ2) is 5.82. The second-order valence-electron chi connectivity index (χ2n) is 6.74. The van der Waals surface area contributed by atoms with E-state index in [4.69, 9.17) is 0 Å². The lowest BCUT2D eigenvalue weighted by atomic mass is 9.88. The fourth-order valence-corrected chi connectivity index (χ4v) is 3.83. The minimum atomic E-state index is -0.239. The molecule has 124 valence electrons. The normalized spacial score (nSPS) is 22.3. The molecule has 1 aromatic carbocycles. The maximum atomic E-state index is 12.6. The van der Waals surface area contributed by atoms with Crippen LogP contribution in [0.15, 0.2) is 36.5 Å². The van der Waals surface area contributed by atoms with Gasteiger partial charge in [-0.25, -0.2) is 0 Å². The predicted molar refractivity (Wildman–Crippen MR) is 92.3 cm³/mol. The largest absolute Gasteiger partial charge is 0.346 e. The van der Waals surface area contributed by atoms with Gasteiger partial charge in [-0.15, -0.1) is 0 Å². The van der Waals surface area contributed by atoms with Crippen molar-refractivity contribution in [2.75, 3.05) is 5.32 Å². The number of aryl methyl sites for hydroxylation is 1. The van der Waals surface area contributed by atoms with Gasteiger partial charge in [-0.1, -0.05) is 30.5 Å². The van der Waals surface area contributed by atoms with E-state index >= 15 is 0 Å². The van der Waals surface area contributed by atoms with Crippen LogP contribution in [0.3, 0.4) is 0 Å². The lowest BCUT2D eigenvalue weighted by Crippen LogP contribution is -2.49. The monoisotopic (exact) mass is 323 g/mol. The van der Waals surface area contributed by atoms with Crippen LogP contribution in [0.5, 0.6) is 0 Å². The number of benzene rings is 1. The highest BCUT2D eigenvalue weighted by Crippen LogP contribution is 2.34. The average Bonchev–Trinajstić information content (AvgIpc) is 3.03. The Hall–Kier alpha value is -2.56. The van der Waals surface area contributed by atoms with Crippen molar-refractivity contribution in [3.63, 3.8) is 0 Å². The molecule has 2 atom stereocenters. The molecule has 1 saturated carbocycles. The Balaban J connectivity index is 1.63. The summed E-state index contributed by atoms with van der Waals surface area (Å²) in [6.45, 7) is 2.00. The van der Waals surface area contributed by atoms with Crippen molar-refractivity contribution >= 4 is 17.5 Å². The van der Waals surface area contributed by atoms with E-state index in [9.17, 15) is 9.59 Å². The van der Waals surface area contributed by atoms with E-state index in [-0.39, 0.29) is 23.9 Å². The van der Waals surface area contributed by atoms with Gasteiger partial charge in [0.1, 0.15) is 5.69 Å². The van der Waals surface area contributed by atoms with Gasteiger partial charge in [0.05, 0.1) is 11.6 Å². The molecule has 1 fully saturated rings. The first-order valence-electron chi connectivity index (χ1n) is 8.53. The summed E-state index contributed by atoms with van der Waals surface area (Å²) in [6, 6.07) is 9.86. The van der Waals surface area contributed by atoms with Crippen LogP contribution in [-0.4, -0.2) is 22.4 Å². The van der Waals surface area contributed by atoms with Crippen molar-refractivity contribution in [2.24, 2.45) is 0 Å². The molecule has 0 spiro atoms. The molecular weight excluding hydrogens is 302 g/mol. The first-order chi connectivity index (χ1) is 11.6. The standard InChI is InChI=1S/C19H21N3O2/c1-12-6-8-13(9-7-12)20-18(23)14-10-11-22-16-5-3-2-4-15(16)21-19(24)17(14)22/h6-11,15-16H,2-5H2,1H3,(H,20,23)(H,21,24)/t15-,16-/m1/s1. The number of anilines is 1. The third kappa shape index (κ3) is 2.50. The molecular formula is C19H21N3O2. The van der Waals surface area contributed by atoms with Crippen molar-refractivity contribution in [3.05, 3.63) is 53.3 Å². The number of nitrogens with one attached hydrogen (secondary N) is 2. The fraction of sp³-hybridized carbons (Fsp3) is 0.368. The molecule has 2 N–H and O–H groups in total.